The second-order valence-corrected chi connectivity index (χ2v) is 7.84. The van der Waals surface area contributed by atoms with Crippen LogP contribution in [0.2, 0.25) is 0 Å². The molecule has 3 aromatic carbocycles. The smallest absolute Gasteiger partial charge is 0.363 e. The van der Waals surface area contributed by atoms with E-state index in [1.54, 1.807) is 42.5 Å². The first kappa shape index (κ1) is 23.0. The number of hydrogen-bond donors (Lipinski definition) is 0. The van der Waals surface area contributed by atoms with Crippen LogP contribution in [-0.4, -0.2) is 24.4 Å². The van der Waals surface area contributed by atoms with Crippen LogP contribution in [0.3, 0.4) is 0 Å². The number of ether oxygens (including phenoxy) is 3. The molecule has 0 radical (unpaired) electrons. The Morgan fingerprint density at radius 3 is 2.38 bits per heavy atom. The maximum atomic E-state index is 12.4. The van der Waals surface area contributed by atoms with Gasteiger partial charge in [0.1, 0.15) is 11.5 Å². The van der Waals surface area contributed by atoms with Gasteiger partial charge in [-0.2, -0.15) is 0 Å². The summed E-state index contributed by atoms with van der Waals surface area (Å²) in [5.74, 6) is 0.490. The van der Waals surface area contributed by atoms with Crippen molar-refractivity contribution in [2.45, 2.75) is 26.7 Å². The normalized spacial score (nSPS) is 14.0. The molecule has 0 saturated carbocycles. The minimum absolute atomic E-state index is 0.197. The number of nitrogens with zero attached hydrogens (tertiary/aromatic N) is 1. The molecule has 6 heteroatoms. The minimum Gasteiger partial charge on any atom is -0.494 e. The van der Waals surface area contributed by atoms with Gasteiger partial charge in [-0.15, -0.1) is 0 Å². The fourth-order valence-corrected chi connectivity index (χ4v) is 3.31. The summed E-state index contributed by atoms with van der Waals surface area (Å²) in [4.78, 5) is 29.0. The van der Waals surface area contributed by atoms with Gasteiger partial charge in [-0.05, 0) is 73.0 Å². The van der Waals surface area contributed by atoms with Gasteiger partial charge in [-0.3, -0.25) is 0 Å². The Kier molecular flexibility index (Phi) is 7.18. The molecular formula is C28H25NO5. The molecule has 0 bridgehead atoms. The summed E-state index contributed by atoms with van der Waals surface area (Å²) >= 11 is 0. The quantitative estimate of drug-likeness (QED) is 0.187. The van der Waals surface area contributed by atoms with Crippen molar-refractivity contribution < 1.29 is 23.8 Å². The Balaban J connectivity index is 1.43. The Bertz CT molecular complexity index is 1240. The summed E-state index contributed by atoms with van der Waals surface area (Å²) in [5.41, 5.74) is 2.99. The highest BCUT2D eigenvalue weighted by molar-refractivity contribution is 6.12. The summed E-state index contributed by atoms with van der Waals surface area (Å²) in [6.45, 7) is 4.64. The van der Waals surface area contributed by atoms with Crippen LogP contribution in [0.4, 0.5) is 0 Å². The van der Waals surface area contributed by atoms with E-state index >= 15 is 0 Å². The van der Waals surface area contributed by atoms with Crippen molar-refractivity contribution in [3.8, 4) is 11.5 Å². The Hall–Kier alpha value is -4.19. The molecule has 0 aliphatic carbocycles. The zero-order chi connectivity index (χ0) is 23.9. The number of carbonyl (C=O) groups is 2. The topological polar surface area (TPSA) is 74.2 Å². The molecule has 0 aromatic heterocycles. The van der Waals surface area contributed by atoms with Crippen molar-refractivity contribution >= 4 is 23.9 Å². The molecule has 1 heterocycles. The van der Waals surface area contributed by atoms with Crippen molar-refractivity contribution in [2.75, 3.05) is 6.61 Å². The lowest BCUT2D eigenvalue weighted by atomic mass is 10.1. The molecule has 4 rings (SSSR count). The summed E-state index contributed by atoms with van der Waals surface area (Å²) in [7, 11) is 0. The second-order valence-electron chi connectivity index (χ2n) is 7.84. The fourth-order valence-electron chi connectivity index (χ4n) is 3.31. The maximum absolute atomic E-state index is 12.4. The van der Waals surface area contributed by atoms with E-state index in [1.165, 1.54) is 0 Å². The van der Waals surface area contributed by atoms with E-state index in [9.17, 15) is 9.59 Å². The molecule has 1 aliphatic heterocycles. The zero-order valence-electron chi connectivity index (χ0n) is 19.1. The van der Waals surface area contributed by atoms with Crippen LogP contribution in [0.25, 0.3) is 6.08 Å². The molecule has 3 aromatic rings. The summed E-state index contributed by atoms with van der Waals surface area (Å²) < 4.78 is 16.5. The van der Waals surface area contributed by atoms with Gasteiger partial charge in [0.25, 0.3) is 0 Å². The molecule has 0 fully saturated rings. The van der Waals surface area contributed by atoms with Crippen LogP contribution in [0.1, 0.15) is 46.8 Å². The molecule has 0 unspecified atom stereocenters. The number of hydrogen-bond acceptors (Lipinski definition) is 6. The molecule has 0 N–H and O–H groups in total. The van der Waals surface area contributed by atoms with Crippen LogP contribution in [-0.2, 0) is 9.53 Å². The van der Waals surface area contributed by atoms with Crippen molar-refractivity contribution in [1.82, 2.24) is 0 Å². The molecule has 0 spiro atoms. The van der Waals surface area contributed by atoms with Gasteiger partial charge in [-0.1, -0.05) is 43.7 Å². The lowest BCUT2D eigenvalue weighted by molar-refractivity contribution is -0.129. The first-order valence-corrected chi connectivity index (χ1v) is 11.2. The van der Waals surface area contributed by atoms with E-state index in [4.69, 9.17) is 14.2 Å². The highest BCUT2D eigenvalue weighted by atomic mass is 16.6. The Morgan fingerprint density at radius 2 is 1.68 bits per heavy atom. The van der Waals surface area contributed by atoms with Gasteiger partial charge in [0.05, 0.1) is 12.2 Å². The molecule has 1 aliphatic rings. The summed E-state index contributed by atoms with van der Waals surface area (Å²) in [6, 6.07) is 21.4. The summed E-state index contributed by atoms with van der Waals surface area (Å²) in [5, 5.41) is 0. The number of esters is 2. The lowest BCUT2D eigenvalue weighted by Gasteiger charge is -2.06. The van der Waals surface area contributed by atoms with Crippen LogP contribution in [0.5, 0.6) is 11.5 Å². The van der Waals surface area contributed by atoms with E-state index < -0.39 is 11.9 Å². The molecule has 6 nitrogen and oxygen atoms in total. The van der Waals surface area contributed by atoms with Crippen LogP contribution >= 0.6 is 0 Å². The molecule has 34 heavy (non-hydrogen) atoms. The van der Waals surface area contributed by atoms with Crippen molar-refractivity contribution in [3.63, 3.8) is 0 Å². The van der Waals surface area contributed by atoms with Gasteiger partial charge in [0.2, 0.25) is 5.90 Å². The third-order valence-electron chi connectivity index (χ3n) is 5.25. The Morgan fingerprint density at radius 1 is 0.971 bits per heavy atom. The molecule has 172 valence electrons. The SMILES string of the molecule is CCCCOc1ccc(C2=N/C(=C\c3ccc(OC(=O)c4ccccc4C)cc3)C(=O)O2)cc1. The van der Waals surface area contributed by atoms with E-state index in [0.717, 1.165) is 29.7 Å². The van der Waals surface area contributed by atoms with E-state index in [1.807, 2.05) is 43.3 Å². The highest BCUT2D eigenvalue weighted by Gasteiger charge is 2.24. The average molecular weight is 456 g/mol. The highest BCUT2D eigenvalue weighted by Crippen LogP contribution is 2.22. The van der Waals surface area contributed by atoms with Crippen molar-refractivity contribution in [3.05, 3.63) is 101 Å². The fraction of sp³-hybridized carbons (Fsp3) is 0.179. The lowest BCUT2D eigenvalue weighted by Crippen LogP contribution is -2.09. The molecular weight excluding hydrogens is 430 g/mol. The van der Waals surface area contributed by atoms with E-state index in [-0.39, 0.29) is 11.6 Å². The number of cyclic esters (lactones) is 1. The zero-order valence-corrected chi connectivity index (χ0v) is 19.1. The van der Waals surface area contributed by atoms with Gasteiger partial charge in [0.15, 0.2) is 5.70 Å². The number of rotatable bonds is 8. The largest absolute Gasteiger partial charge is 0.494 e. The van der Waals surface area contributed by atoms with Crippen LogP contribution in [0.15, 0.2) is 83.5 Å². The number of carbonyl (C=O) groups excluding carboxylic acids is 2. The maximum Gasteiger partial charge on any atom is 0.363 e. The first-order valence-electron chi connectivity index (χ1n) is 11.2. The van der Waals surface area contributed by atoms with Crippen molar-refractivity contribution in [1.29, 1.82) is 0 Å². The number of aliphatic imine (C=N–C) groups is 1. The third kappa shape index (κ3) is 5.59. The van der Waals surface area contributed by atoms with Gasteiger partial charge < -0.3 is 14.2 Å². The average Bonchev–Trinajstić information content (AvgIpc) is 3.21. The predicted octanol–water partition coefficient (Wildman–Crippen LogP) is 5.74. The monoisotopic (exact) mass is 455 g/mol. The molecule has 0 atom stereocenters. The van der Waals surface area contributed by atoms with Gasteiger partial charge in [-0.25, -0.2) is 14.6 Å². The van der Waals surface area contributed by atoms with Crippen LogP contribution in [0, 0.1) is 6.92 Å². The minimum atomic E-state index is -0.520. The van der Waals surface area contributed by atoms with Crippen molar-refractivity contribution in [2.24, 2.45) is 4.99 Å². The van der Waals surface area contributed by atoms with E-state index in [0.29, 0.717) is 23.5 Å². The number of aryl methyl sites for hydroxylation is 1. The number of unbranched alkanes of at least 4 members (excludes halogenated alkanes) is 1. The predicted molar refractivity (Wildman–Crippen MR) is 130 cm³/mol. The standard InChI is InChI=1S/C28H25NO5/c1-3-4-17-32-22-15-11-21(12-16-22)26-29-25(28(31)34-26)18-20-9-13-23(14-10-20)33-27(30)24-8-6-5-7-19(24)2/h5-16,18H,3-4,17H2,1-2H3/b25-18-. The van der Waals surface area contributed by atoms with E-state index in [2.05, 4.69) is 11.9 Å². The van der Waals surface area contributed by atoms with Gasteiger partial charge in [0, 0.05) is 5.56 Å². The summed E-state index contributed by atoms with van der Waals surface area (Å²) in [6.07, 6.45) is 3.70. The third-order valence-corrected chi connectivity index (χ3v) is 5.25. The Labute approximate surface area is 198 Å². The second kappa shape index (κ2) is 10.6. The first-order chi connectivity index (χ1) is 16.5. The molecule has 0 saturated heterocycles. The van der Waals surface area contributed by atoms with Crippen LogP contribution < -0.4 is 9.47 Å². The number of benzene rings is 3. The molecule has 0 amide bonds. The van der Waals surface area contributed by atoms with Gasteiger partial charge >= 0.3 is 11.9 Å².